The van der Waals surface area contributed by atoms with Crippen molar-refractivity contribution in [2.45, 2.75) is 32.4 Å². The maximum absolute atomic E-state index is 13.4. The number of ether oxygens (including phenoxy) is 1. The summed E-state index contributed by atoms with van der Waals surface area (Å²) in [5.41, 5.74) is 0.932. The van der Waals surface area contributed by atoms with Crippen LogP contribution in [0.5, 0.6) is 5.75 Å². The van der Waals surface area contributed by atoms with Gasteiger partial charge in [-0.1, -0.05) is 19.1 Å². The highest BCUT2D eigenvalue weighted by Crippen LogP contribution is 2.40. The van der Waals surface area contributed by atoms with Crippen molar-refractivity contribution in [2.24, 2.45) is 0 Å². The lowest BCUT2D eigenvalue weighted by molar-refractivity contribution is -0.139. The third-order valence-electron chi connectivity index (χ3n) is 5.70. The molecule has 1 aliphatic rings. The van der Waals surface area contributed by atoms with Crippen LogP contribution in [0.4, 0.5) is 4.39 Å². The van der Waals surface area contributed by atoms with Gasteiger partial charge in [0.25, 0.3) is 11.7 Å². The number of aromatic nitrogens is 2. The number of hydrogen-bond acceptors (Lipinski definition) is 5. The number of carbonyl (C=O) groups is 2. The molecular formula is C26H26FN3O4. The number of aliphatic hydroxyl groups is 1. The number of aryl methyl sites for hydroxylation is 1. The summed E-state index contributed by atoms with van der Waals surface area (Å²) < 4.78 is 20.9. The lowest BCUT2D eigenvalue weighted by atomic mass is 9.95. The van der Waals surface area contributed by atoms with Crippen LogP contribution in [-0.2, 0) is 16.1 Å². The van der Waals surface area contributed by atoms with Gasteiger partial charge in [0.05, 0.1) is 24.5 Å². The quantitative estimate of drug-likeness (QED) is 0.290. The highest BCUT2D eigenvalue weighted by molar-refractivity contribution is 6.46. The SMILES string of the molecule is CCCOc1ccc([C@H]2C(=C(O)c3ccc(F)cc3)C(=O)C(=O)N2CCCn2ccnc2)cc1. The van der Waals surface area contributed by atoms with E-state index in [1.807, 2.05) is 17.7 Å². The number of Topliss-reactive ketones (excluding diaryl/α,β-unsaturated/α-hetero) is 1. The lowest BCUT2D eigenvalue weighted by Gasteiger charge is -2.25. The Morgan fingerprint density at radius 1 is 1.09 bits per heavy atom. The Labute approximate surface area is 197 Å². The van der Waals surface area contributed by atoms with E-state index in [2.05, 4.69) is 4.98 Å². The van der Waals surface area contributed by atoms with Gasteiger partial charge >= 0.3 is 0 Å². The fourth-order valence-corrected chi connectivity index (χ4v) is 4.03. The van der Waals surface area contributed by atoms with Gasteiger partial charge in [-0.3, -0.25) is 9.59 Å². The van der Waals surface area contributed by atoms with Gasteiger partial charge in [0.2, 0.25) is 0 Å². The number of halogens is 1. The normalized spacial score (nSPS) is 17.4. The first-order valence-electron chi connectivity index (χ1n) is 11.2. The van der Waals surface area contributed by atoms with Crippen molar-refractivity contribution < 1.29 is 23.8 Å². The number of rotatable bonds is 9. The number of amides is 1. The van der Waals surface area contributed by atoms with E-state index in [9.17, 15) is 19.1 Å². The Morgan fingerprint density at radius 2 is 1.82 bits per heavy atom. The number of likely N-dealkylation sites (tertiary alicyclic amines) is 1. The monoisotopic (exact) mass is 463 g/mol. The summed E-state index contributed by atoms with van der Waals surface area (Å²) in [5.74, 6) is -1.55. The van der Waals surface area contributed by atoms with Crippen LogP contribution in [0, 0.1) is 5.82 Å². The summed E-state index contributed by atoms with van der Waals surface area (Å²) in [5, 5.41) is 11.0. The number of aliphatic hydroxyl groups excluding tert-OH is 1. The predicted molar refractivity (Wildman–Crippen MR) is 124 cm³/mol. The van der Waals surface area contributed by atoms with E-state index in [1.165, 1.54) is 29.2 Å². The summed E-state index contributed by atoms with van der Waals surface area (Å²) in [6.45, 7) is 3.52. The molecular weight excluding hydrogens is 437 g/mol. The number of hydrogen-bond donors (Lipinski definition) is 1. The van der Waals surface area contributed by atoms with Crippen molar-refractivity contribution >= 4 is 17.4 Å². The van der Waals surface area contributed by atoms with Gasteiger partial charge in [-0.05, 0) is 54.8 Å². The summed E-state index contributed by atoms with van der Waals surface area (Å²) in [4.78, 5) is 31.6. The molecule has 176 valence electrons. The Bertz CT molecular complexity index is 1170. The van der Waals surface area contributed by atoms with Gasteiger partial charge in [0.1, 0.15) is 17.3 Å². The first kappa shape index (κ1) is 23.2. The second-order valence-corrected chi connectivity index (χ2v) is 8.07. The minimum atomic E-state index is -0.770. The average molecular weight is 464 g/mol. The number of benzene rings is 2. The van der Waals surface area contributed by atoms with E-state index in [4.69, 9.17) is 4.74 Å². The molecule has 2 aromatic carbocycles. The molecule has 1 N–H and O–H groups in total. The highest BCUT2D eigenvalue weighted by Gasteiger charge is 2.45. The van der Waals surface area contributed by atoms with Gasteiger partial charge in [0, 0.05) is 31.0 Å². The third kappa shape index (κ3) is 4.85. The molecule has 0 radical (unpaired) electrons. The molecule has 0 bridgehead atoms. The fraction of sp³-hybridized carbons (Fsp3) is 0.269. The van der Waals surface area contributed by atoms with Gasteiger partial charge in [0.15, 0.2) is 0 Å². The van der Waals surface area contributed by atoms with Gasteiger partial charge in [-0.2, -0.15) is 0 Å². The Balaban J connectivity index is 1.69. The number of carbonyl (C=O) groups excluding carboxylic acids is 2. The smallest absolute Gasteiger partial charge is 0.295 e. The first-order chi connectivity index (χ1) is 16.5. The number of ketones is 1. The molecule has 0 saturated carbocycles. The first-order valence-corrected chi connectivity index (χ1v) is 11.2. The van der Waals surface area contributed by atoms with Gasteiger partial charge < -0.3 is 19.3 Å². The topological polar surface area (TPSA) is 84.7 Å². The van der Waals surface area contributed by atoms with Crippen molar-refractivity contribution in [3.63, 3.8) is 0 Å². The summed E-state index contributed by atoms with van der Waals surface area (Å²) in [7, 11) is 0. The molecule has 0 spiro atoms. The minimum absolute atomic E-state index is 0.0125. The number of imidazole rings is 1. The molecule has 8 heteroatoms. The second-order valence-electron chi connectivity index (χ2n) is 8.07. The molecule has 7 nitrogen and oxygen atoms in total. The maximum atomic E-state index is 13.4. The van der Waals surface area contributed by atoms with Gasteiger partial charge in [-0.15, -0.1) is 0 Å². The fourth-order valence-electron chi connectivity index (χ4n) is 4.03. The van der Waals surface area contributed by atoms with Crippen LogP contribution >= 0.6 is 0 Å². The van der Waals surface area contributed by atoms with E-state index >= 15 is 0 Å². The zero-order valence-electron chi connectivity index (χ0n) is 18.9. The minimum Gasteiger partial charge on any atom is -0.507 e. The lowest BCUT2D eigenvalue weighted by Crippen LogP contribution is -2.31. The van der Waals surface area contributed by atoms with Crippen molar-refractivity contribution in [3.05, 3.63) is 89.8 Å². The summed E-state index contributed by atoms with van der Waals surface area (Å²) >= 11 is 0. The molecule has 1 fully saturated rings. The summed E-state index contributed by atoms with van der Waals surface area (Å²) in [6, 6.07) is 11.6. The average Bonchev–Trinajstić information content (AvgIpc) is 3.45. The van der Waals surface area contributed by atoms with Crippen LogP contribution in [0.25, 0.3) is 5.76 Å². The molecule has 34 heavy (non-hydrogen) atoms. The van der Waals surface area contributed by atoms with Crippen LogP contribution < -0.4 is 4.74 Å². The standard InChI is InChI=1S/C26H26FN3O4/c1-2-16-34-21-10-6-18(7-11-21)23-22(24(31)19-4-8-20(27)9-5-19)25(32)26(33)30(23)14-3-13-29-15-12-28-17-29/h4-12,15,17,23,31H,2-3,13-14,16H2,1H3/t23-/m0/s1. The van der Waals surface area contributed by atoms with E-state index in [0.717, 1.165) is 6.42 Å². The molecule has 3 aromatic rings. The van der Waals surface area contributed by atoms with Crippen LogP contribution in [-0.4, -0.2) is 44.4 Å². The largest absolute Gasteiger partial charge is 0.507 e. The molecule has 4 rings (SSSR count). The molecule has 2 heterocycles. The molecule has 0 unspecified atom stereocenters. The zero-order chi connectivity index (χ0) is 24.1. The van der Waals surface area contributed by atoms with Crippen molar-refractivity contribution in [1.82, 2.24) is 14.5 Å². The molecule has 1 aliphatic heterocycles. The van der Waals surface area contributed by atoms with Crippen molar-refractivity contribution in [2.75, 3.05) is 13.2 Å². The molecule has 1 amide bonds. The predicted octanol–water partition coefficient (Wildman–Crippen LogP) is 4.32. The third-order valence-corrected chi connectivity index (χ3v) is 5.70. The van der Waals surface area contributed by atoms with Crippen LogP contribution in [0.2, 0.25) is 0 Å². The van der Waals surface area contributed by atoms with Crippen molar-refractivity contribution in [1.29, 1.82) is 0 Å². The summed E-state index contributed by atoms with van der Waals surface area (Å²) in [6.07, 6.45) is 6.66. The van der Waals surface area contributed by atoms with Gasteiger partial charge in [-0.25, -0.2) is 9.37 Å². The van der Waals surface area contributed by atoms with E-state index in [1.54, 1.807) is 36.8 Å². The van der Waals surface area contributed by atoms with E-state index in [-0.39, 0.29) is 16.9 Å². The molecule has 1 aromatic heterocycles. The van der Waals surface area contributed by atoms with Crippen LogP contribution in [0.15, 0.2) is 72.8 Å². The maximum Gasteiger partial charge on any atom is 0.295 e. The highest BCUT2D eigenvalue weighted by atomic mass is 19.1. The molecule has 1 saturated heterocycles. The van der Waals surface area contributed by atoms with E-state index in [0.29, 0.717) is 37.4 Å². The Kier molecular flexibility index (Phi) is 7.06. The van der Waals surface area contributed by atoms with E-state index < -0.39 is 23.5 Å². The Hall–Kier alpha value is -3.94. The number of nitrogens with zero attached hydrogens (tertiary/aromatic N) is 3. The zero-order valence-corrected chi connectivity index (χ0v) is 18.9. The van der Waals surface area contributed by atoms with Crippen LogP contribution in [0.3, 0.4) is 0 Å². The molecule has 1 atom stereocenters. The molecule has 0 aliphatic carbocycles. The Morgan fingerprint density at radius 3 is 2.47 bits per heavy atom. The van der Waals surface area contributed by atoms with Crippen LogP contribution in [0.1, 0.15) is 36.9 Å². The second kappa shape index (κ2) is 10.3. The van der Waals surface area contributed by atoms with Crippen molar-refractivity contribution in [3.8, 4) is 5.75 Å².